The number of nitro groups is 1. The Labute approximate surface area is 282 Å². The van der Waals surface area contributed by atoms with E-state index in [1.165, 1.54) is 24.3 Å². The standard InChI is InChI=1S/C38H36N2O9/c41-21-31-16-15-30(49-31)18-25(24-8-3-1-4-9-24)14-17-34(43)35-26(23-48-29-12-5-2-6-13-29)19-32-36(33(35)22-42)38(45)39(37(32)44)27-10-7-11-28(20-27)40(46)47/h1-13,15-16,18,20,32-34,36,41-43H,14,17,19,21-23H2/b25-18-/t32-,33+,34-,36-/m1/s1. The lowest BCUT2D eigenvalue weighted by atomic mass is 9.68. The Balaban J connectivity index is 1.33. The van der Waals surface area contributed by atoms with Crippen LogP contribution in [0.15, 0.2) is 113 Å². The van der Waals surface area contributed by atoms with Gasteiger partial charge in [0, 0.05) is 18.1 Å². The number of nitrogens with zero attached hydrogens (tertiary/aromatic N) is 2. The summed E-state index contributed by atoms with van der Waals surface area (Å²) in [6.45, 7) is -0.728. The van der Waals surface area contributed by atoms with E-state index in [1.54, 1.807) is 24.3 Å². The van der Waals surface area contributed by atoms with Crippen LogP contribution in [0.3, 0.4) is 0 Å². The Bertz CT molecular complexity index is 1880. The van der Waals surface area contributed by atoms with Gasteiger partial charge in [-0.2, -0.15) is 0 Å². The number of carbonyl (C=O) groups is 2. The van der Waals surface area contributed by atoms with E-state index in [-0.39, 0.29) is 37.4 Å². The Hall–Kier alpha value is -5.36. The van der Waals surface area contributed by atoms with E-state index < -0.39 is 47.2 Å². The van der Waals surface area contributed by atoms with Crippen molar-refractivity contribution in [3.63, 3.8) is 0 Å². The zero-order valence-electron chi connectivity index (χ0n) is 26.6. The second kappa shape index (κ2) is 14.8. The molecule has 0 radical (unpaired) electrons. The van der Waals surface area contributed by atoms with Gasteiger partial charge in [-0.15, -0.1) is 0 Å². The molecule has 11 nitrogen and oxygen atoms in total. The molecule has 4 atom stereocenters. The molecule has 6 rings (SSSR count). The number of non-ortho nitro benzene ring substituents is 1. The van der Waals surface area contributed by atoms with Gasteiger partial charge in [-0.25, -0.2) is 4.90 Å². The number of fused-ring (bicyclic) bond motifs is 1. The van der Waals surface area contributed by atoms with Gasteiger partial charge in [0.1, 0.15) is 30.5 Å². The fraction of sp³-hybridized carbons (Fsp3) is 0.263. The van der Waals surface area contributed by atoms with Crippen molar-refractivity contribution in [3.05, 3.63) is 135 Å². The van der Waals surface area contributed by atoms with Crippen molar-refractivity contribution in [2.75, 3.05) is 18.1 Å². The van der Waals surface area contributed by atoms with Crippen LogP contribution < -0.4 is 9.64 Å². The van der Waals surface area contributed by atoms with Gasteiger partial charge < -0.3 is 24.5 Å². The molecule has 252 valence electrons. The first-order valence-electron chi connectivity index (χ1n) is 16.1. The number of amides is 2. The van der Waals surface area contributed by atoms with E-state index in [0.29, 0.717) is 34.8 Å². The molecule has 0 spiro atoms. The third-order valence-corrected chi connectivity index (χ3v) is 9.18. The van der Waals surface area contributed by atoms with Gasteiger partial charge in [-0.05, 0) is 78.0 Å². The minimum Gasteiger partial charge on any atom is -0.489 e. The number of nitro benzene ring substituents is 1. The van der Waals surface area contributed by atoms with Crippen molar-refractivity contribution in [2.24, 2.45) is 17.8 Å². The third kappa shape index (κ3) is 7.09. The van der Waals surface area contributed by atoms with E-state index >= 15 is 0 Å². The summed E-state index contributed by atoms with van der Waals surface area (Å²) in [5.74, 6) is -2.29. The number of allylic oxidation sites excluding steroid dienone is 1. The van der Waals surface area contributed by atoms with Crippen LogP contribution in [0.2, 0.25) is 0 Å². The fourth-order valence-corrected chi connectivity index (χ4v) is 6.91. The molecule has 49 heavy (non-hydrogen) atoms. The molecule has 3 N–H and O–H groups in total. The highest BCUT2D eigenvalue weighted by atomic mass is 16.6. The van der Waals surface area contributed by atoms with Crippen LogP contribution in [0.5, 0.6) is 5.75 Å². The van der Waals surface area contributed by atoms with Gasteiger partial charge in [0.05, 0.1) is 35.2 Å². The average molecular weight is 665 g/mol. The quantitative estimate of drug-likeness (QED) is 0.0719. The highest BCUT2D eigenvalue weighted by Crippen LogP contribution is 2.47. The van der Waals surface area contributed by atoms with Gasteiger partial charge in [0.15, 0.2) is 0 Å². The zero-order chi connectivity index (χ0) is 34.5. The smallest absolute Gasteiger partial charge is 0.271 e. The average Bonchev–Trinajstić information content (AvgIpc) is 3.69. The molecule has 4 aromatic rings. The van der Waals surface area contributed by atoms with Gasteiger partial charge >= 0.3 is 0 Å². The van der Waals surface area contributed by atoms with Crippen LogP contribution in [0.25, 0.3) is 11.6 Å². The van der Waals surface area contributed by atoms with Crippen LogP contribution in [0, 0.1) is 27.9 Å². The number of aliphatic hydroxyl groups is 3. The van der Waals surface area contributed by atoms with E-state index in [0.717, 1.165) is 16.0 Å². The third-order valence-electron chi connectivity index (χ3n) is 9.18. The Morgan fingerprint density at radius 2 is 1.71 bits per heavy atom. The summed E-state index contributed by atoms with van der Waals surface area (Å²) in [4.78, 5) is 39.7. The summed E-state index contributed by atoms with van der Waals surface area (Å²) in [5, 5.41) is 43.7. The van der Waals surface area contributed by atoms with Crippen molar-refractivity contribution in [1.82, 2.24) is 0 Å². The number of para-hydroxylation sites is 1. The molecule has 3 aromatic carbocycles. The first-order chi connectivity index (χ1) is 23.8. The SMILES string of the molecule is O=C1[C@@H]2[C@@H](CC(COc3ccccc3)=C([C@H](O)CC/C(=C/c3ccc(CO)o3)c3ccccc3)[C@@H]2CO)C(=O)N1c1cccc([N+](=O)[O-])c1. The highest BCUT2D eigenvalue weighted by molar-refractivity contribution is 6.22. The molecular formula is C38H36N2O9. The zero-order valence-corrected chi connectivity index (χ0v) is 26.6. The molecule has 2 amide bonds. The molecular weight excluding hydrogens is 628 g/mol. The maximum absolute atomic E-state index is 14.0. The minimum absolute atomic E-state index is 0.0200. The lowest BCUT2D eigenvalue weighted by molar-refractivity contribution is -0.384. The number of hydrogen-bond donors (Lipinski definition) is 3. The largest absolute Gasteiger partial charge is 0.489 e. The van der Waals surface area contributed by atoms with Gasteiger partial charge in [-0.3, -0.25) is 19.7 Å². The number of aliphatic hydroxyl groups excluding tert-OH is 3. The van der Waals surface area contributed by atoms with Gasteiger partial charge in [0.25, 0.3) is 5.69 Å². The molecule has 0 saturated carbocycles. The molecule has 0 bridgehead atoms. The number of anilines is 1. The van der Waals surface area contributed by atoms with Crippen molar-refractivity contribution in [1.29, 1.82) is 0 Å². The summed E-state index contributed by atoms with van der Waals surface area (Å²) in [7, 11) is 0. The summed E-state index contributed by atoms with van der Waals surface area (Å²) in [6.07, 6.45) is 1.44. The van der Waals surface area contributed by atoms with Crippen molar-refractivity contribution in [2.45, 2.75) is 32.0 Å². The Morgan fingerprint density at radius 1 is 0.980 bits per heavy atom. The fourth-order valence-electron chi connectivity index (χ4n) is 6.91. The summed E-state index contributed by atoms with van der Waals surface area (Å²) >= 11 is 0. The number of ether oxygens (including phenoxy) is 1. The van der Waals surface area contributed by atoms with E-state index in [9.17, 15) is 35.0 Å². The number of imide groups is 1. The highest BCUT2D eigenvalue weighted by Gasteiger charge is 2.55. The number of hydrogen-bond acceptors (Lipinski definition) is 9. The summed E-state index contributed by atoms with van der Waals surface area (Å²) in [5.41, 5.74) is 2.66. The molecule has 2 heterocycles. The van der Waals surface area contributed by atoms with Gasteiger partial charge in [-0.1, -0.05) is 54.6 Å². The second-order valence-corrected chi connectivity index (χ2v) is 12.1. The maximum Gasteiger partial charge on any atom is 0.271 e. The normalized spacial score (nSPS) is 20.0. The Morgan fingerprint density at radius 3 is 2.39 bits per heavy atom. The molecule has 1 aromatic heterocycles. The maximum atomic E-state index is 14.0. The van der Waals surface area contributed by atoms with Gasteiger partial charge in [0.2, 0.25) is 11.8 Å². The number of benzene rings is 3. The predicted molar refractivity (Wildman–Crippen MR) is 181 cm³/mol. The van der Waals surface area contributed by atoms with E-state index in [4.69, 9.17) is 9.15 Å². The summed E-state index contributed by atoms with van der Waals surface area (Å²) < 4.78 is 11.8. The first kappa shape index (κ1) is 33.5. The van der Waals surface area contributed by atoms with Crippen LogP contribution in [0.4, 0.5) is 11.4 Å². The molecule has 1 aliphatic carbocycles. The summed E-state index contributed by atoms with van der Waals surface area (Å²) in [6, 6.07) is 27.5. The van der Waals surface area contributed by atoms with Crippen molar-refractivity contribution in [3.8, 4) is 5.75 Å². The predicted octanol–water partition coefficient (Wildman–Crippen LogP) is 5.56. The molecule has 1 aliphatic heterocycles. The lowest BCUT2D eigenvalue weighted by Gasteiger charge is -2.36. The minimum atomic E-state index is -1.11. The monoisotopic (exact) mass is 664 g/mol. The van der Waals surface area contributed by atoms with E-state index in [1.807, 2.05) is 54.6 Å². The van der Waals surface area contributed by atoms with E-state index in [2.05, 4.69) is 0 Å². The topological polar surface area (TPSA) is 164 Å². The number of rotatable bonds is 13. The molecule has 11 heteroatoms. The molecule has 0 unspecified atom stereocenters. The van der Waals surface area contributed by atoms with Crippen molar-refractivity contribution < 1.29 is 39.0 Å². The van der Waals surface area contributed by atoms with Crippen LogP contribution in [-0.2, 0) is 16.2 Å². The van der Waals surface area contributed by atoms with Crippen LogP contribution in [0.1, 0.15) is 36.3 Å². The lowest BCUT2D eigenvalue weighted by Crippen LogP contribution is -2.40. The first-order valence-corrected chi connectivity index (χ1v) is 16.1. The number of furan rings is 1. The second-order valence-electron chi connectivity index (χ2n) is 12.1. The van der Waals surface area contributed by atoms with Crippen LogP contribution in [-0.4, -0.2) is 51.4 Å². The number of carbonyl (C=O) groups excluding carboxylic acids is 2. The molecule has 2 aliphatic rings. The molecule has 1 fully saturated rings. The Kier molecular flexibility index (Phi) is 10.1. The van der Waals surface area contributed by atoms with Crippen LogP contribution >= 0.6 is 0 Å². The van der Waals surface area contributed by atoms with Crippen molar-refractivity contribution >= 4 is 34.8 Å². The molecule has 1 saturated heterocycles.